The van der Waals surface area contributed by atoms with E-state index in [1.54, 1.807) is 6.07 Å². The van der Waals surface area contributed by atoms with E-state index >= 15 is 0 Å². The van der Waals surface area contributed by atoms with Crippen molar-refractivity contribution in [2.45, 2.75) is 43.6 Å². The summed E-state index contributed by atoms with van der Waals surface area (Å²) in [4.78, 5) is 13.2. The van der Waals surface area contributed by atoms with E-state index in [2.05, 4.69) is 45.2 Å². The smallest absolute Gasteiger partial charge is 0.240 e. The second-order valence-electron chi connectivity index (χ2n) is 7.10. The topological polar surface area (TPSA) is 71.8 Å². The molecule has 0 saturated carbocycles. The molecule has 29 heavy (non-hydrogen) atoms. The number of hydrogen-bond donors (Lipinski definition) is 2. The van der Waals surface area contributed by atoms with Gasteiger partial charge < -0.3 is 10.7 Å². The van der Waals surface area contributed by atoms with Crippen molar-refractivity contribution in [3.63, 3.8) is 0 Å². The molecule has 2 N–H and O–H groups in total. The maximum Gasteiger partial charge on any atom is 0.240 e. The number of nitrogens with one attached hydrogen (secondary N) is 2. The molecule has 1 amide bonds. The number of nitrogens with zero attached hydrogens (tertiary/aromatic N) is 3. The Morgan fingerprint density at radius 3 is 2.66 bits per heavy atom. The van der Waals surface area contributed by atoms with Crippen LogP contribution in [0.25, 0.3) is 0 Å². The monoisotopic (exact) mass is 427 g/mol. The van der Waals surface area contributed by atoms with E-state index in [1.165, 1.54) is 17.3 Å². The maximum atomic E-state index is 13.2. The molecule has 0 unspecified atom stereocenters. The molecule has 1 aromatic heterocycles. The molecule has 0 fully saturated rings. The van der Waals surface area contributed by atoms with Crippen LogP contribution in [0.3, 0.4) is 0 Å². The predicted octanol–water partition coefficient (Wildman–Crippen LogP) is 4.51. The minimum absolute atomic E-state index is 0.111. The quantitative estimate of drug-likeness (QED) is 0.641. The third-order valence-corrected chi connectivity index (χ3v) is 6.58. The molecule has 1 aliphatic rings. The lowest BCUT2D eigenvalue weighted by atomic mass is 10.0. The van der Waals surface area contributed by atoms with Gasteiger partial charge in [0.2, 0.25) is 11.1 Å². The molecule has 2 heterocycles. The van der Waals surface area contributed by atoms with Crippen LogP contribution in [-0.4, -0.2) is 26.0 Å². The summed E-state index contributed by atoms with van der Waals surface area (Å²) in [5.74, 6) is 0.731. The molecule has 1 aliphatic heterocycles. The molecule has 0 radical (unpaired) electrons. The zero-order chi connectivity index (χ0) is 20.5. The van der Waals surface area contributed by atoms with Gasteiger partial charge in [0.05, 0.1) is 6.04 Å². The fourth-order valence-corrected chi connectivity index (χ4v) is 4.51. The van der Waals surface area contributed by atoms with E-state index in [0.29, 0.717) is 15.9 Å². The van der Waals surface area contributed by atoms with Crippen molar-refractivity contribution in [3.05, 3.63) is 70.0 Å². The normalized spacial score (nSPS) is 18.1. The first-order valence-corrected chi connectivity index (χ1v) is 10.7. The molecule has 2 atom stereocenters. The van der Waals surface area contributed by atoms with Crippen molar-refractivity contribution in [1.29, 1.82) is 0 Å². The number of carbonyl (C=O) groups excluding carboxylic acids is 1. The van der Waals surface area contributed by atoms with Crippen molar-refractivity contribution in [3.8, 4) is 0 Å². The summed E-state index contributed by atoms with van der Waals surface area (Å²) in [6, 6.07) is 13.5. The summed E-state index contributed by atoms with van der Waals surface area (Å²) in [6.45, 7) is 6.01. The number of aromatic nitrogens is 3. The number of benzene rings is 2. The second-order valence-corrected chi connectivity index (χ2v) is 8.61. The van der Waals surface area contributed by atoms with Crippen LogP contribution in [0.1, 0.15) is 35.5 Å². The summed E-state index contributed by atoms with van der Waals surface area (Å²) >= 11 is 7.63. The first-order chi connectivity index (χ1) is 14.0. The van der Waals surface area contributed by atoms with Crippen molar-refractivity contribution in [2.24, 2.45) is 0 Å². The lowest BCUT2D eigenvalue weighted by Crippen LogP contribution is -2.41. The van der Waals surface area contributed by atoms with E-state index in [0.717, 1.165) is 23.4 Å². The van der Waals surface area contributed by atoms with Crippen LogP contribution in [-0.2, 0) is 11.2 Å². The third-order valence-electron chi connectivity index (χ3n) is 4.95. The average Bonchev–Trinajstić information content (AvgIpc) is 3.12. The lowest BCUT2D eigenvalue weighted by molar-refractivity contribution is -0.116. The zero-order valence-electron chi connectivity index (χ0n) is 16.4. The summed E-state index contributed by atoms with van der Waals surface area (Å²) < 4.78 is 1.89. The molecule has 3 aromatic rings. The highest BCUT2D eigenvalue weighted by molar-refractivity contribution is 8.00. The van der Waals surface area contributed by atoms with Gasteiger partial charge in [0.25, 0.3) is 0 Å². The van der Waals surface area contributed by atoms with Crippen LogP contribution < -0.4 is 10.7 Å². The molecule has 4 rings (SSSR count). The predicted molar refractivity (Wildman–Crippen MR) is 117 cm³/mol. The highest BCUT2D eigenvalue weighted by atomic mass is 35.5. The number of halogens is 1. The van der Waals surface area contributed by atoms with E-state index in [-0.39, 0.29) is 11.9 Å². The van der Waals surface area contributed by atoms with E-state index in [4.69, 9.17) is 11.6 Å². The van der Waals surface area contributed by atoms with Crippen LogP contribution in [0.2, 0.25) is 5.02 Å². The van der Waals surface area contributed by atoms with Gasteiger partial charge >= 0.3 is 0 Å². The van der Waals surface area contributed by atoms with Crippen LogP contribution in [0.5, 0.6) is 0 Å². The zero-order valence-corrected chi connectivity index (χ0v) is 18.0. The second kappa shape index (κ2) is 8.08. The van der Waals surface area contributed by atoms with Crippen molar-refractivity contribution >= 4 is 35.0 Å². The Labute approximate surface area is 179 Å². The number of carbonyl (C=O) groups is 1. The van der Waals surface area contributed by atoms with Gasteiger partial charge in [0.15, 0.2) is 5.82 Å². The van der Waals surface area contributed by atoms with Crippen molar-refractivity contribution in [1.82, 2.24) is 14.9 Å². The standard InChI is InChI=1S/C21H22ClN5OS/c1-4-17-24-25-21-27(17)26-18(14-8-5-12(2)6-9-14)19(29-21)20(28)23-15-10-7-13(3)16(22)11-15/h5-11,18-19,26H,4H2,1-3H3,(H,23,28)/t18-,19+/m0/s1. The van der Waals surface area contributed by atoms with E-state index < -0.39 is 5.25 Å². The van der Waals surface area contributed by atoms with Gasteiger partial charge in [-0.25, -0.2) is 4.68 Å². The Morgan fingerprint density at radius 2 is 1.97 bits per heavy atom. The maximum absolute atomic E-state index is 13.2. The molecular formula is C21H22ClN5OS. The minimum atomic E-state index is -0.417. The summed E-state index contributed by atoms with van der Waals surface area (Å²) in [6.07, 6.45) is 0.750. The highest BCUT2D eigenvalue weighted by Gasteiger charge is 2.37. The number of fused-ring (bicyclic) bond motifs is 1. The Balaban J connectivity index is 1.66. The Morgan fingerprint density at radius 1 is 1.21 bits per heavy atom. The Kier molecular flexibility index (Phi) is 5.52. The number of thioether (sulfide) groups is 1. The molecule has 6 nitrogen and oxygen atoms in total. The van der Waals surface area contributed by atoms with Crippen LogP contribution in [0.4, 0.5) is 5.69 Å². The number of amides is 1. The number of rotatable bonds is 4. The van der Waals surface area contributed by atoms with Gasteiger partial charge in [-0.3, -0.25) is 4.79 Å². The molecule has 0 spiro atoms. The molecule has 2 aromatic carbocycles. The molecule has 8 heteroatoms. The first-order valence-electron chi connectivity index (χ1n) is 9.47. The summed E-state index contributed by atoms with van der Waals surface area (Å²) in [5, 5.41) is 12.4. The average molecular weight is 428 g/mol. The largest absolute Gasteiger partial charge is 0.325 e. The number of anilines is 1. The van der Waals surface area contributed by atoms with Crippen LogP contribution in [0.15, 0.2) is 47.6 Å². The van der Waals surface area contributed by atoms with E-state index in [9.17, 15) is 4.79 Å². The van der Waals surface area contributed by atoms with Crippen molar-refractivity contribution in [2.75, 3.05) is 10.7 Å². The Bertz CT molecular complexity index is 1050. The van der Waals surface area contributed by atoms with Gasteiger partial charge in [0.1, 0.15) is 5.25 Å². The van der Waals surface area contributed by atoms with Gasteiger partial charge in [-0.05, 0) is 37.1 Å². The van der Waals surface area contributed by atoms with Gasteiger partial charge in [0, 0.05) is 17.1 Å². The summed E-state index contributed by atoms with van der Waals surface area (Å²) in [7, 11) is 0. The molecular weight excluding hydrogens is 406 g/mol. The molecule has 0 aliphatic carbocycles. The highest BCUT2D eigenvalue weighted by Crippen LogP contribution is 2.37. The van der Waals surface area contributed by atoms with Gasteiger partial charge in [-0.15, -0.1) is 10.2 Å². The van der Waals surface area contributed by atoms with Gasteiger partial charge in [-0.2, -0.15) is 0 Å². The molecule has 0 bridgehead atoms. The molecule has 0 saturated heterocycles. The Hall–Kier alpha value is -2.51. The lowest BCUT2D eigenvalue weighted by Gasteiger charge is -2.33. The van der Waals surface area contributed by atoms with E-state index in [1.807, 2.05) is 37.6 Å². The third kappa shape index (κ3) is 3.97. The number of hydrogen-bond acceptors (Lipinski definition) is 5. The minimum Gasteiger partial charge on any atom is -0.325 e. The van der Waals surface area contributed by atoms with Gasteiger partial charge in [-0.1, -0.05) is 66.2 Å². The molecule has 150 valence electrons. The van der Waals surface area contributed by atoms with Crippen molar-refractivity contribution < 1.29 is 4.79 Å². The fourth-order valence-electron chi connectivity index (χ4n) is 3.24. The fraction of sp³-hybridized carbons (Fsp3) is 0.286. The first kappa shape index (κ1) is 19.8. The van der Waals surface area contributed by atoms with Crippen LogP contribution in [0, 0.1) is 13.8 Å². The number of aryl methyl sites for hydroxylation is 3. The SMILES string of the molecule is CCc1nnc2n1N[C@@H](c1ccc(C)cc1)[C@H](C(=O)Nc1ccc(C)c(Cl)c1)S2. The summed E-state index contributed by atoms with van der Waals surface area (Å²) in [5.41, 5.74) is 7.30. The van der Waals surface area contributed by atoms with Crippen LogP contribution >= 0.6 is 23.4 Å².